The van der Waals surface area contributed by atoms with E-state index < -0.39 is 23.0 Å². The molecule has 0 fully saturated rings. The molecule has 0 aromatic heterocycles. The maximum atomic E-state index is 13.3. The zero-order valence-electron chi connectivity index (χ0n) is 8.74. The molecule has 0 N–H and O–H groups in total. The molecule has 0 unspecified atom stereocenters. The fourth-order valence-corrected chi connectivity index (χ4v) is 1.28. The van der Waals surface area contributed by atoms with Gasteiger partial charge in [-0.15, -0.1) is 0 Å². The van der Waals surface area contributed by atoms with Crippen molar-refractivity contribution in [3.05, 3.63) is 35.1 Å². The molecule has 1 aromatic rings. The summed E-state index contributed by atoms with van der Waals surface area (Å²) in [5, 5.41) is 0. The number of hydrogen-bond donors (Lipinski definition) is 0. The van der Waals surface area contributed by atoms with Gasteiger partial charge in [-0.3, -0.25) is 0 Å². The van der Waals surface area contributed by atoms with Crippen LogP contribution in [-0.2, 0) is 11.6 Å². The minimum Gasteiger partial charge on any atom is -0.207 e. The summed E-state index contributed by atoms with van der Waals surface area (Å²) in [6, 6.07) is 2.49. The molecule has 1 aromatic carbocycles. The number of halogens is 4. The van der Waals surface area contributed by atoms with Crippen LogP contribution in [0.15, 0.2) is 18.2 Å². The maximum absolute atomic E-state index is 13.3. The van der Waals surface area contributed by atoms with E-state index >= 15 is 0 Å². The molecule has 0 nitrogen and oxygen atoms in total. The van der Waals surface area contributed by atoms with Crippen LogP contribution in [0.5, 0.6) is 0 Å². The maximum Gasteiger partial charge on any atom is 0.416 e. The van der Waals surface area contributed by atoms with Crippen LogP contribution < -0.4 is 0 Å². The lowest BCUT2D eigenvalue weighted by molar-refractivity contribution is -0.137. The SMILES string of the molecule is CC(C)(C)c1cc(C(F)(F)F)ccc1F. The molecular formula is C11H12F4. The van der Waals surface area contributed by atoms with E-state index in [1.54, 1.807) is 20.8 Å². The van der Waals surface area contributed by atoms with E-state index in [-0.39, 0.29) is 5.56 Å². The van der Waals surface area contributed by atoms with E-state index in [4.69, 9.17) is 0 Å². The summed E-state index contributed by atoms with van der Waals surface area (Å²) in [5.74, 6) is -0.601. The van der Waals surface area contributed by atoms with Crippen molar-refractivity contribution in [2.45, 2.75) is 32.4 Å². The first-order chi connectivity index (χ1) is 6.62. The number of hydrogen-bond acceptors (Lipinski definition) is 0. The Morgan fingerprint density at radius 1 is 1.00 bits per heavy atom. The zero-order chi connectivity index (χ0) is 11.9. The van der Waals surface area contributed by atoms with Crippen molar-refractivity contribution < 1.29 is 17.6 Å². The largest absolute Gasteiger partial charge is 0.416 e. The molecule has 0 radical (unpaired) electrons. The van der Waals surface area contributed by atoms with Crippen LogP contribution >= 0.6 is 0 Å². The van der Waals surface area contributed by atoms with Crippen LogP contribution in [0.3, 0.4) is 0 Å². The highest BCUT2D eigenvalue weighted by Gasteiger charge is 2.32. The molecule has 0 aliphatic rings. The molecule has 0 saturated carbocycles. The molecule has 1 rings (SSSR count). The van der Waals surface area contributed by atoms with Crippen molar-refractivity contribution in [3.8, 4) is 0 Å². The van der Waals surface area contributed by atoms with Gasteiger partial charge in [0.15, 0.2) is 0 Å². The zero-order valence-corrected chi connectivity index (χ0v) is 8.74. The lowest BCUT2D eigenvalue weighted by Crippen LogP contribution is -2.16. The van der Waals surface area contributed by atoms with Crippen LogP contribution in [0.1, 0.15) is 31.9 Å². The van der Waals surface area contributed by atoms with Gasteiger partial charge in [-0.2, -0.15) is 13.2 Å². The Morgan fingerprint density at radius 3 is 1.93 bits per heavy atom. The fourth-order valence-electron chi connectivity index (χ4n) is 1.28. The molecule has 0 saturated heterocycles. The third kappa shape index (κ3) is 2.70. The van der Waals surface area contributed by atoms with E-state index in [0.29, 0.717) is 0 Å². The van der Waals surface area contributed by atoms with Gasteiger partial charge >= 0.3 is 6.18 Å². The van der Waals surface area contributed by atoms with E-state index in [9.17, 15) is 17.6 Å². The van der Waals surface area contributed by atoms with Gasteiger partial charge < -0.3 is 0 Å². The molecule has 15 heavy (non-hydrogen) atoms. The standard InChI is InChI=1S/C11H12F4/c1-10(2,3)8-6-7(11(13,14)15)4-5-9(8)12/h4-6H,1-3H3. The number of rotatable bonds is 0. The van der Waals surface area contributed by atoms with Gasteiger partial charge in [0.05, 0.1) is 5.56 Å². The van der Waals surface area contributed by atoms with Crippen molar-refractivity contribution in [1.29, 1.82) is 0 Å². The molecule has 4 heteroatoms. The molecule has 0 atom stereocenters. The Hall–Kier alpha value is -1.06. The molecule has 0 heterocycles. The Labute approximate surface area is 85.9 Å². The Bertz CT molecular complexity index is 358. The van der Waals surface area contributed by atoms with Crippen molar-refractivity contribution in [2.75, 3.05) is 0 Å². The summed E-state index contributed by atoms with van der Waals surface area (Å²) in [6.07, 6.45) is -4.42. The van der Waals surface area contributed by atoms with Crippen molar-refractivity contribution in [2.24, 2.45) is 0 Å². The van der Waals surface area contributed by atoms with Gasteiger partial charge in [-0.25, -0.2) is 4.39 Å². The highest BCUT2D eigenvalue weighted by molar-refractivity contribution is 5.31. The van der Waals surface area contributed by atoms with Crippen LogP contribution in [0.2, 0.25) is 0 Å². The summed E-state index contributed by atoms with van der Waals surface area (Å²) >= 11 is 0. The molecule has 84 valence electrons. The second-order valence-electron chi connectivity index (χ2n) is 4.44. The van der Waals surface area contributed by atoms with E-state index in [1.807, 2.05) is 0 Å². The minimum absolute atomic E-state index is 0.0809. The third-order valence-corrected chi connectivity index (χ3v) is 2.10. The van der Waals surface area contributed by atoms with Gasteiger partial charge in [-0.1, -0.05) is 20.8 Å². The van der Waals surface area contributed by atoms with Crippen molar-refractivity contribution in [3.63, 3.8) is 0 Å². The van der Waals surface area contributed by atoms with E-state index in [1.165, 1.54) is 0 Å². The first-order valence-corrected chi connectivity index (χ1v) is 4.49. The molecule has 0 amide bonds. The van der Waals surface area contributed by atoms with Gasteiger partial charge in [0, 0.05) is 0 Å². The summed E-state index contributed by atoms with van der Waals surface area (Å²) in [7, 11) is 0. The normalized spacial score (nSPS) is 13.0. The average Bonchev–Trinajstić information content (AvgIpc) is 2.00. The molecule has 0 aliphatic carbocycles. The molecule has 0 bridgehead atoms. The summed E-state index contributed by atoms with van der Waals surface area (Å²) < 4.78 is 50.4. The highest BCUT2D eigenvalue weighted by atomic mass is 19.4. The highest BCUT2D eigenvalue weighted by Crippen LogP contribution is 2.33. The lowest BCUT2D eigenvalue weighted by Gasteiger charge is -2.21. The number of alkyl halides is 3. The summed E-state index contributed by atoms with van der Waals surface area (Å²) in [5.41, 5.74) is -1.36. The fraction of sp³-hybridized carbons (Fsp3) is 0.455. The molecular weight excluding hydrogens is 208 g/mol. The predicted octanol–water partition coefficient (Wildman–Crippen LogP) is 4.14. The molecule has 0 spiro atoms. The average molecular weight is 220 g/mol. The first-order valence-electron chi connectivity index (χ1n) is 4.49. The smallest absolute Gasteiger partial charge is 0.207 e. The topological polar surface area (TPSA) is 0 Å². The van der Waals surface area contributed by atoms with Crippen molar-refractivity contribution in [1.82, 2.24) is 0 Å². The van der Waals surface area contributed by atoms with Gasteiger partial charge in [0.25, 0.3) is 0 Å². The Kier molecular flexibility index (Phi) is 2.81. The quantitative estimate of drug-likeness (QED) is 0.576. The second kappa shape index (κ2) is 3.51. The van der Waals surface area contributed by atoms with Gasteiger partial charge in [0.2, 0.25) is 0 Å². The van der Waals surface area contributed by atoms with Crippen LogP contribution in [0, 0.1) is 5.82 Å². The first kappa shape index (κ1) is 12.0. The second-order valence-corrected chi connectivity index (χ2v) is 4.44. The van der Waals surface area contributed by atoms with Crippen LogP contribution in [0.4, 0.5) is 17.6 Å². The van der Waals surface area contributed by atoms with E-state index in [2.05, 4.69) is 0 Å². The van der Waals surface area contributed by atoms with Crippen molar-refractivity contribution >= 4 is 0 Å². The van der Waals surface area contributed by atoms with Gasteiger partial charge in [0.1, 0.15) is 5.82 Å². The number of benzene rings is 1. The minimum atomic E-state index is -4.42. The molecule has 0 aliphatic heterocycles. The van der Waals surface area contributed by atoms with Crippen LogP contribution in [0.25, 0.3) is 0 Å². The van der Waals surface area contributed by atoms with E-state index in [0.717, 1.165) is 18.2 Å². The monoisotopic (exact) mass is 220 g/mol. The summed E-state index contributed by atoms with van der Waals surface area (Å²) in [6.45, 7) is 5.02. The van der Waals surface area contributed by atoms with Gasteiger partial charge in [-0.05, 0) is 29.2 Å². The van der Waals surface area contributed by atoms with Crippen LogP contribution in [-0.4, -0.2) is 0 Å². The lowest BCUT2D eigenvalue weighted by atomic mass is 9.85. The predicted molar refractivity (Wildman–Crippen MR) is 50.1 cm³/mol. The third-order valence-electron chi connectivity index (χ3n) is 2.10. The summed E-state index contributed by atoms with van der Waals surface area (Å²) in [4.78, 5) is 0. The Morgan fingerprint density at radius 2 is 1.53 bits per heavy atom. The Balaban J connectivity index is 3.30.